The van der Waals surface area contributed by atoms with Gasteiger partial charge in [0.15, 0.2) is 11.6 Å². The van der Waals surface area contributed by atoms with Crippen molar-refractivity contribution in [3.05, 3.63) is 112 Å². The lowest BCUT2D eigenvalue weighted by molar-refractivity contribution is -0.133. The minimum absolute atomic E-state index is 0.0122. The summed E-state index contributed by atoms with van der Waals surface area (Å²) in [7, 11) is -4.24. The van der Waals surface area contributed by atoms with Crippen LogP contribution in [0.1, 0.15) is 62.0 Å². The van der Waals surface area contributed by atoms with Crippen LogP contribution in [0.2, 0.25) is 0 Å². The summed E-state index contributed by atoms with van der Waals surface area (Å²) in [4.78, 5) is 46.7. The molecule has 5 aromatic rings. The Balaban J connectivity index is 0.788. The fourth-order valence-corrected chi connectivity index (χ4v) is 10.7. The number of nitriles is 1. The smallest absolute Gasteiger partial charge is 0.301 e. The second-order valence-electron chi connectivity index (χ2n) is 17.4. The highest BCUT2D eigenvalue weighted by Gasteiger charge is 2.33. The molecule has 0 aliphatic carbocycles. The van der Waals surface area contributed by atoms with Crippen LogP contribution in [0.4, 0.5) is 30.2 Å². The second-order valence-corrected chi connectivity index (χ2v) is 19.0. The fraction of sp³-hybridized carbons (Fsp3) is 0.383. The van der Waals surface area contributed by atoms with Crippen LogP contribution in [0.3, 0.4) is 0 Å². The summed E-state index contributed by atoms with van der Waals surface area (Å²) >= 11 is 0. The van der Waals surface area contributed by atoms with E-state index < -0.39 is 51.0 Å². The van der Waals surface area contributed by atoms with Crippen LogP contribution in [0.5, 0.6) is 11.5 Å². The number of fused-ring (bicyclic) bond motifs is 1. The molecule has 19 heteroatoms. The summed E-state index contributed by atoms with van der Waals surface area (Å²) in [6.07, 6.45) is 4.56. The van der Waals surface area contributed by atoms with Gasteiger partial charge in [0.2, 0.25) is 11.8 Å². The molecule has 3 N–H and O–H groups in total. The number of alkyl halides is 1. The molecule has 2 amide bonds. The number of nitrogens with one attached hydrogen (secondary N) is 3. The Morgan fingerprint density at radius 1 is 0.848 bits per heavy atom. The topological polar surface area (TPSA) is 182 Å². The van der Waals surface area contributed by atoms with Crippen molar-refractivity contribution in [1.29, 1.82) is 5.26 Å². The zero-order valence-corrected chi connectivity index (χ0v) is 36.7. The van der Waals surface area contributed by atoms with E-state index in [0.29, 0.717) is 34.8 Å². The van der Waals surface area contributed by atoms with Crippen molar-refractivity contribution in [2.45, 2.75) is 63.1 Å². The lowest BCUT2D eigenvalue weighted by Gasteiger charge is -2.38. The van der Waals surface area contributed by atoms with Crippen LogP contribution in [0, 0.1) is 28.9 Å². The van der Waals surface area contributed by atoms with Crippen LogP contribution >= 0.6 is 0 Å². The molecule has 4 aliphatic heterocycles. The highest BCUT2D eigenvalue weighted by molar-refractivity contribution is 7.90. The molecule has 5 heterocycles. The number of hydrogen-bond donors (Lipinski definition) is 3. The highest BCUT2D eigenvalue weighted by Crippen LogP contribution is 2.36. The molecule has 0 spiro atoms. The Morgan fingerprint density at radius 2 is 1.61 bits per heavy atom. The average molecular weight is 924 g/mol. The Kier molecular flexibility index (Phi) is 12.7. The fourth-order valence-electron chi connectivity index (χ4n) is 9.40. The van der Waals surface area contributed by atoms with Crippen molar-refractivity contribution in [3.8, 4) is 23.3 Å². The van der Waals surface area contributed by atoms with E-state index in [9.17, 15) is 32.5 Å². The van der Waals surface area contributed by atoms with Gasteiger partial charge in [0.1, 0.15) is 41.7 Å². The quantitative estimate of drug-likeness (QED) is 0.119. The number of halogens is 3. The minimum atomic E-state index is -4.24. The number of anilines is 3. The number of amides is 2. The van der Waals surface area contributed by atoms with E-state index in [0.717, 1.165) is 80.5 Å². The molecule has 15 nitrogen and oxygen atoms in total. The first-order chi connectivity index (χ1) is 31.8. The summed E-state index contributed by atoms with van der Waals surface area (Å²) in [6, 6.07) is 20.4. The van der Waals surface area contributed by atoms with E-state index in [1.54, 1.807) is 6.07 Å². The molecular formula is C47H48F3N9O6S. The van der Waals surface area contributed by atoms with Gasteiger partial charge < -0.3 is 19.9 Å². The number of imide groups is 1. The number of nitrogens with zero attached hydrogens (tertiary/aromatic N) is 6. The van der Waals surface area contributed by atoms with Gasteiger partial charge in [-0.15, -0.1) is 0 Å². The van der Waals surface area contributed by atoms with Gasteiger partial charge in [0.05, 0.1) is 22.3 Å². The molecule has 66 heavy (non-hydrogen) atoms. The van der Waals surface area contributed by atoms with E-state index in [4.69, 9.17) is 4.74 Å². The van der Waals surface area contributed by atoms with Crippen molar-refractivity contribution < 1.29 is 35.9 Å². The summed E-state index contributed by atoms with van der Waals surface area (Å²) in [5.41, 5.74) is 2.10. The van der Waals surface area contributed by atoms with Gasteiger partial charge >= 0.3 is 10.2 Å². The Hall–Kier alpha value is -6.49. The zero-order chi connectivity index (χ0) is 46.1. The average Bonchev–Trinajstić information content (AvgIpc) is 3.77. The van der Waals surface area contributed by atoms with E-state index in [1.807, 2.05) is 36.4 Å². The van der Waals surface area contributed by atoms with Gasteiger partial charge in [0.25, 0.3) is 5.56 Å². The molecule has 9 rings (SSSR count). The number of hydrogen-bond acceptors (Lipinski definition) is 11. The molecule has 0 radical (unpaired) electrons. The molecule has 4 fully saturated rings. The number of carbonyl (C=O) groups is 2. The molecule has 1 unspecified atom stereocenters. The van der Waals surface area contributed by atoms with E-state index in [1.165, 1.54) is 35.2 Å². The first-order valence-corrected chi connectivity index (χ1v) is 23.6. The third-order valence-corrected chi connectivity index (χ3v) is 14.6. The number of aromatic nitrogens is 2. The van der Waals surface area contributed by atoms with Crippen molar-refractivity contribution in [3.63, 3.8) is 0 Å². The van der Waals surface area contributed by atoms with Gasteiger partial charge in [0, 0.05) is 50.5 Å². The van der Waals surface area contributed by atoms with Crippen LogP contribution in [-0.2, 0) is 19.8 Å². The molecular weight excluding hydrogens is 876 g/mol. The normalized spacial score (nSPS) is 20.3. The van der Waals surface area contributed by atoms with Gasteiger partial charge in [-0.2, -0.15) is 18.0 Å². The van der Waals surface area contributed by atoms with Gasteiger partial charge in [-0.1, -0.05) is 6.07 Å². The largest absolute Gasteiger partial charge is 0.453 e. The number of likely N-dealkylation sites (tertiary alicyclic amines) is 1. The molecule has 4 aliphatic rings. The second kappa shape index (κ2) is 18.8. The zero-order valence-electron chi connectivity index (χ0n) is 35.9. The molecule has 0 saturated carbocycles. The third-order valence-electron chi connectivity index (χ3n) is 13.1. The standard InChI is InChI=1S/C47H48F3N9O6S/c48-31-17-22-58(27-31)66(63,64)55-42-10-8-39(49)45(38(42)25-51)65-35-6-9-41-37(24-35)47(62)59(28-52-41)34-4-2-33(3-5-34)57-20-13-29(14-21-57)26-56-18-15-30(16-19-56)36-7-1-32(23-40(36)50)53-43-11-12-44(60)54-46(43)61/h1-10,23-24,28-31,43,53,55H,11-22,26-27H2,(H,54,60,61)/t31-,43?/m1/s1. The number of benzene rings is 4. The van der Waals surface area contributed by atoms with Gasteiger partial charge in [-0.3, -0.25) is 29.0 Å². The summed E-state index contributed by atoms with van der Waals surface area (Å²) in [6.45, 7) is 4.16. The lowest BCUT2D eigenvalue weighted by atomic mass is 9.87. The van der Waals surface area contributed by atoms with Crippen LogP contribution in [0.25, 0.3) is 16.6 Å². The Bertz CT molecular complexity index is 2880. The monoisotopic (exact) mass is 923 g/mol. The highest BCUT2D eigenvalue weighted by atomic mass is 32.2. The lowest BCUT2D eigenvalue weighted by Crippen LogP contribution is -2.47. The van der Waals surface area contributed by atoms with Crippen LogP contribution < -0.4 is 30.6 Å². The molecule has 4 saturated heterocycles. The van der Waals surface area contributed by atoms with Crippen LogP contribution in [-0.4, -0.2) is 97.0 Å². The predicted molar refractivity (Wildman–Crippen MR) is 242 cm³/mol. The van der Waals surface area contributed by atoms with E-state index in [-0.39, 0.29) is 60.4 Å². The van der Waals surface area contributed by atoms with Crippen molar-refractivity contribution >= 4 is 50.0 Å². The minimum Gasteiger partial charge on any atom is -0.453 e. The summed E-state index contributed by atoms with van der Waals surface area (Å²) in [5, 5.41) is 15.5. The number of carbonyl (C=O) groups excluding carboxylic acids is 2. The molecule has 344 valence electrons. The SMILES string of the molecule is N#Cc1c(NS(=O)(=O)N2CC[C@@H](F)C2)ccc(F)c1Oc1ccc2ncn(-c3ccc(N4CCC(CN5CCC(c6ccc(NC7CCC(=O)NC7=O)cc6F)CC5)CC4)cc3)c(=O)c2c1. The maximum atomic E-state index is 15.3. The number of ether oxygens (including phenoxy) is 1. The van der Waals surface area contributed by atoms with Crippen molar-refractivity contribution in [2.24, 2.45) is 5.92 Å². The van der Waals surface area contributed by atoms with Crippen molar-refractivity contribution in [1.82, 2.24) is 24.1 Å². The maximum Gasteiger partial charge on any atom is 0.301 e. The number of piperidine rings is 3. The van der Waals surface area contributed by atoms with Gasteiger partial charge in [-0.25, -0.2) is 18.2 Å². The van der Waals surface area contributed by atoms with Gasteiger partial charge in [-0.05, 0) is 136 Å². The maximum absolute atomic E-state index is 15.3. The van der Waals surface area contributed by atoms with E-state index >= 15 is 8.78 Å². The molecule has 4 aromatic carbocycles. The molecule has 0 bridgehead atoms. The Labute approximate surface area is 379 Å². The predicted octanol–water partition coefficient (Wildman–Crippen LogP) is 6.34. The third kappa shape index (κ3) is 9.57. The number of rotatable bonds is 12. The van der Waals surface area contributed by atoms with Crippen LogP contribution in [0.15, 0.2) is 83.9 Å². The molecule has 1 aromatic heterocycles. The summed E-state index contributed by atoms with van der Waals surface area (Å²) in [5.74, 6) is -1.78. The van der Waals surface area contributed by atoms with E-state index in [2.05, 4.69) is 30.1 Å². The first-order valence-electron chi connectivity index (χ1n) is 22.1. The first kappa shape index (κ1) is 44.7. The van der Waals surface area contributed by atoms with Crippen molar-refractivity contribution in [2.75, 3.05) is 60.8 Å². The summed E-state index contributed by atoms with van der Waals surface area (Å²) < 4.78 is 80.4. The Morgan fingerprint density at radius 3 is 2.30 bits per heavy atom. The molecule has 2 atom stereocenters.